The fraction of sp³-hybridized carbons (Fsp3) is 0.600. The Labute approximate surface area is 155 Å². The van der Waals surface area contributed by atoms with Crippen LogP contribution in [0.2, 0.25) is 0 Å². The van der Waals surface area contributed by atoms with E-state index in [0.717, 1.165) is 51.9 Å². The van der Waals surface area contributed by atoms with Gasteiger partial charge in [0.15, 0.2) is 0 Å². The number of primary amides is 1. The topological polar surface area (TPSA) is 78.7 Å². The Morgan fingerprint density at radius 3 is 2.42 bits per heavy atom. The van der Waals surface area contributed by atoms with Crippen molar-refractivity contribution in [2.75, 3.05) is 37.6 Å². The van der Waals surface area contributed by atoms with E-state index >= 15 is 0 Å². The van der Waals surface area contributed by atoms with Crippen LogP contribution in [0.1, 0.15) is 31.2 Å². The van der Waals surface area contributed by atoms with E-state index in [2.05, 4.69) is 46.3 Å². The van der Waals surface area contributed by atoms with Gasteiger partial charge in [-0.25, -0.2) is 0 Å². The highest BCUT2D eigenvalue weighted by Gasteiger charge is 2.25. The number of benzene rings is 1. The highest BCUT2D eigenvalue weighted by Crippen LogP contribution is 2.21. The minimum Gasteiger partial charge on any atom is -0.371 e. The third-order valence-corrected chi connectivity index (χ3v) is 5.58. The Bertz CT molecular complexity index is 632. The van der Waals surface area contributed by atoms with Gasteiger partial charge in [-0.3, -0.25) is 14.5 Å². The summed E-state index contributed by atoms with van der Waals surface area (Å²) in [5.41, 5.74) is 7.90. The Kier molecular flexibility index (Phi) is 6.14. The molecule has 0 unspecified atom stereocenters. The van der Waals surface area contributed by atoms with Crippen LogP contribution in [-0.2, 0) is 9.59 Å². The van der Waals surface area contributed by atoms with Gasteiger partial charge in [-0.15, -0.1) is 0 Å². The highest BCUT2D eigenvalue weighted by molar-refractivity contribution is 5.79. The quantitative estimate of drug-likeness (QED) is 0.831. The number of hydrogen-bond donors (Lipinski definition) is 2. The van der Waals surface area contributed by atoms with Crippen molar-refractivity contribution in [3.8, 4) is 0 Å². The van der Waals surface area contributed by atoms with Crippen molar-refractivity contribution in [3.05, 3.63) is 29.8 Å². The summed E-state index contributed by atoms with van der Waals surface area (Å²) < 4.78 is 0. The zero-order valence-electron chi connectivity index (χ0n) is 15.6. The number of rotatable bonds is 5. The number of piperidine rings is 2. The molecular formula is C20H30N4O2. The van der Waals surface area contributed by atoms with Crippen LogP contribution in [0.4, 0.5) is 5.69 Å². The van der Waals surface area contributed by atoms with E-state index in [1.165, 1.54) is 11.3 Å². The fourth-order valence-electron chi connectivity index (χ4n) is 3.96. The van der Waals surface area contributed by atoms with E-state index < -0.39 is 0 Å². The Morgan fingerprint density at radius 1 is 1.12 bits per heavy atom. The van der Waals surface area contributed by atoms with Crippen LogP contribution in [0, 0.1) is 12.8 Å². The van der Waals surface area contributed by atoms with Crippen LogP contribution in [-0.4, -0.2) is 55.5 Å². The normalized spacial score (nSPS) is 20.1. The number of hydrogen-bond acceptors (Lipinski definition) is 4. The largest absolute Gasteiger partial charge is 0.371 e. The number of nitrogens with one attached hydrogen (secondary N) is 1. The summed E-state index contributed by atoms with van der Waals surface area (Å²) in [5.74, 6) is -0.147. The molecule has 3 rings (SSSR count). The van der Waals surface area contributed by atoms with Crippen LogP contribution in [0.25, 0.3) is 0 Å². The Hall–Kier alpha value is -2.08. The van der Waals surface area contributed by atoms with Crippen LogP contribution < -0.4 is 16.0 Å². The van der Waals surface area contributed by atoms with E-state index in [1.54, 1.807) is 0 Å². The predicted octanol–water partition coefficient (Wildman–Crippen LogP) is 1.28. The molecule has 26 heavy (non-hydrogen) atoms. The SMILES string of the molecule is Cc1cccc(N2CCC(NC(=O)CN3CCC(C(N)=O)CC3)CC2)c1. The summed E-state index contributed by atoms with van der Waals surface area (Å²) in [5, 5.41) is 3.18. The van der Waals surface area contributed by atoms with Gasteiger partial charge in [0.2, 0.25) is 11.8 Å². The molecule has 2 saturated heterocycles. The molecule has 3 N–H and O–H groups in total. The molecule has 2 fully saturated rings. The maximum atomic E-state index is 12.3. The van der Waals surface area contributed by atoms with Crippen molar-refractivity contribution in [1.82, 2.24) is 10.2 Å². The molecule has 0 saturated carbocycles. The first-order valence-electron chi connectivity index (χ1n) is 9.64. The second-order valence-corrected chi connectivity index (χ2v) is 7.62. The monoisotopic (exact) mass is 358 g/mol. The number of amides is 2. The van der Waals surface area contributed by atoms with E-state index in [9.17, 15) is 9.59 Å². The van der Waals surface area contributed by atoms with Crippen molar-refractivity contribution in [2.24, 2.45) is 11.7 Å². The minimum absolute atomic E-state index is 0.0275. The molecule has 142 valence electrons. The van der Waals surface area contributed by atoms with Crippen LogP contribution in [0.5, 0.6) is 0 Å². The summed E-state index contributed by atoms with van der Waals surface area (Å²) in [6, 6.07) is 8.84. The summed E-state index contributed by atoms with van der Waals surface area (Å²) in [6.07, 6.45) is 3.47. The van der Waals surface area contributed by atoms with Crippen molar-refractivity contribution in [2.45, 2.75) is 38.6 Å². The average Bonchev–Trinajstić information content (AvgIpc) is 2.62. The second-order valence-electron chi connectivity index (χ2n) is 7.62. The predicted molar refractivity (Wildman–Crippen MR) is 103 cm³/mol. The molecule has 6 nitrogen and oxygen atoms in total. The van der Waals surface area contributed by atoms with Crippen molar-refractivity contribution >= 4 is 17.5 Å². The molecular weight excluding hydrogens is 328 g/mol. The smallest absolute Gasteiger partial charge is 0.234 e. The van der Waals surface area contributed by atoms with Gasteiger partial charge in [-0.2, -0.15) is 0 Å². The first kappa shape index (κ1) is 18.7. The zero-order chi connectivity index (χ0) is 18.5. The molecule has 0 atom stereocenters. The van der Waals surface area contributed by atoms with E-state index in [0.29, 0.717) is 6.54 Å². The number of anilines is 1. The first-order chi connectivity index (χ1) is 12.5. The number of nitrogens with zero attached hydrogens (tertiary/aromatic N) is 2. The second kappa shape index (κ2) is 8.54. The molecule has 0 spiro atoms. The van der Waals surface area contributed by atoms with Gasteiger partial charge in [-0.05, 0) is 63.4 Å². The molecule has 2 heterocycles. The van der Waals surface area contributed by atoms with Gasteiger partial charge in [0.1, 0.15) is 0 Å². The number of aryl methyl sites for hydroxylation is 1. The van der Waals surface area contributed by atoms with Gasteiger partial charge in [0.05, 0.1) is 6.54 Å². The minimum atomic E-state index is -0.213. The van der Waals surface area contributed by atoms with Gasteiger partial charge < -0.3 is 16.0 Å². The molecule has 1 aromatic rings. The van der Waals surface area contributed by atoms with Crippen LogP contribution in [0.3, 0.4) is 0 Å². The summed E-state index contributed by atoms with van der Waals surface area (Å²) in [4.78, 5) is 28.1. The van der Waals surface area contributed by atoms with Crippen molar-refractivity contribution in [3.63, 3.8) is 0 Å². The fourth-order valence-corrected chi connectivity index (χ4v) is 3.96. The molecule has 2 aliphatic rings. The number of carbonyl (C=O) groups excluding carboxylic acids is 2. The molecule has 0 bridgehead atoms. The van der Waals surface area contributed by atoms with E-state index in [4.69, 9.17) is 5.73 Å². The summed E-state index contributed by atoms with van der Waals surface area (Å²) in [7, 11) is 0. The van der Waals surface area contributed by atoms with Gasteiger partial charge >= 0.3 is 0 Å². The lowest BCUT2D eigenvalue weighted by Gasteiger charge is -2.35. The molecule has 2 amide bonds. The lowest BCUT2D eigenvalue weighted by molar-refractivity contribution is -0.124. The molecule has 0 aromatic heterocycles. The van der Waals surface area contributed by atoms with Gasteiger partial charge in [-0.1, -0.05) is 12.1 Å². The van der Waals surface area contributed by atoms with Crippen molar-refractivity contribution < 1.29 is 9.59 Å². The third kappa shape index (κ3) is 4.97. The summed E-state index contributed by atoms with van der Waals surface area (Å²) >= 11 is 0. The molecule has 1 aromatic carbocycles. The van der Waals surface area contributed by atoms with Gasteiger partial charge in [0.25, 0.3) is 0 Å². The van der Waals surface area contributed by atoms with E-state index in [1.807, 2.05) is 0 Å². The van der Waals surface area contributed by atoms with Gasteiger partial charge in [0, 0.05) is 30.7 Å². The third-order valence-electron chi connectivity index (χ3n) is 5.58. The first-order valence-corrected chi connectivity index (χ1v) is 9.64. The lowest BCUT2D eigenvalue weighted by atomic mass is 9.96. The van der Waals surface area contributed by atoms with Crippen molar-refractivity contribution in [1.29, 1.82) is 0 Å². The van der Waals surface area contributed by atoms with Crippen LogP contribution >= 0.6 is 0 Å². The molecule has 2 aliphatic heterocycles. The maximum Gasteiger partial charge on any atom is 0.234 e. The van der Waals surface area contributed by atoms with E-state index in [-0.39, 0.29) is 23.8 Å². The van der Waals surface area contributed by atoms with Crippen LogP contribution in [0.15, 0.2) is 24.3 Å². The summed E-state index contributed by atoms with van der Waals surface area (Å²) in [6.45, 7) is 6.02. The average molecular weight is 358 g/mol. The highest BCUT2D eigenvalue weighted by atomic mass is 16.2. The standard InChI is InChI=1S/C20H30N4O2/c1-15-3-2-4-18(13-15)24-11-7-17(8-12-24)22-19(25)14-23-9-5-16(6-10-23)20(21)26/h2-4,13,16-17H,5-12,14H2,1H3,(H2,21,26)(H,22,25). The maximum absolute atomic E-state index is 12.3. The Morgan fingerprint density at radius 2 is 1.81 bits per heavy atom. The zero-order valence-corrected chi connectivity index (χ0v) is 15.6. The Balaban J connectivity index is 1.39. The lowest BCUT2D eigenvalue weighted by Crippen LogP contribution is -2.49. The number of nitrogens with two attached hydrogens (primary N) is 1. The molecule has 0 radical (unpaired) electrons. The molecule has 0 aliphatic carbocycles. The number of likely N-dealkylation sites (tertiary alicyclic amines) is 1. The molecule has 6 heteroatoms. The number of carbonyl (C=O) groups is 2.